The van der Waals surface area contributed by atoms with Gasteiger partial charge in [0.05, 0.1) is 12.9 Å². The van der Waals surface area contributed by atoms with Crippen molar-refractivity contribution in [2.75, 3.05) is 12.3 Å². The molecule has 9 heteroatoms. The largest absolute Gasteiger partial charge is 0.393 e. The number of aromatic nitrogens is 4. The molecule has 3 heterocycles. The first-order valence-electron chi connectivity index (χ1n) is 6.06. The smallest absolute Gasteiger partial charge is 0.167 e. The summed E-state index contributed by atoms with van der Waals surface area (Å²) >= 11 is 0. The normalized spacial score (nSPS) is 33.9. The van der Waals surface area contributed by atoms with Crippen molar-refractivity contribution < 1.29 is 20.1 Å². The zero-order valence-corrected chi connectivity index (χ0v) is 10.7. The highest BCUT2D eigenvalue weighted by Gasteiger charge is 2.52. The van der Waals surface area contributed by atoms with Gasteiger partial charge in [0.15, 0.2) is 17.7 Å². The van der Waals surface area contributed by atoms with Crippen molar-refractivity contribution in [3.8, 4) is 0 Å². The highest BCUT2D eigenvalue weighted by molar-refractivity contribution is 5.81. The van der Waals surface area contributed by atoms with Crippen molar-refractivity contribution in [1.29, 1.82) is 0 Å². The summed E-state index contributed by atoms with van der Waals surface area (Å²) < 4.78 is 7.05. The number of anilines is 1. The highest BCUT2D eigenvalue weighted by Crippen LogP contribution is 2.37. The van der Waals surface area contributed by atoms with Crippen LogP contribution in [-0.2, 0) is 4.74 Å². The van der Waals surface area contributed by atoms with E-state index in [9.17, 15) is 15.3 Å². The molecule has 2 aromatic rings. The third kappa shape index (κ3) is 1.68. The van der Waals surface area contributed by atoms with E-state index in [2.05, 4.69) is 15.0 Å². The minimum Gasteiger partial charge on any atom is -0.393 e. The van der Waals surface area contributed by atoms with Crippen LogP contribution in [0.5, 0.6) is 0 Å². The lowest BCUT2D eigenvalue weighted by Crippen LogP contribution is -2.43. The highest BCUT2D eigenvalue weighted by atomic mass is 16.6. The Labute approximate surface area is 113 Å². The molecule has 0 bridgehead atoms. The minimum atomic E-state index is -1.25. The van der Waals surface area contributed by atoms with Gasteiger partial charge in [-0.3, -0.25) is 4.57 Å². The second-order valence-corrected chi connectivity index (χ2v) is 5.00. The summed E-state index contributed by atoms with van der Waals surface area (Å²) in [4.78, 5) is 12.0. The zero-order valence-electron chi connectivity index (χ0n) is 10.7. The van der Waals surface area contributed by atoms with Gasteiger partial charge in [0.25, 0.3) is 0 Å². The Kier molecular flexibility index (Phi) is 2.87. The van der Waals surface area contributed by atoms with Crippen LogP contribution in [0.3, 0.4) is 0 Å². The van der Waals surface area contributed by atoms with Crippen molar-refractivity contribution in [2.45, 2.75) is 31.0 Å². The van der Waals surface area contributed by atoms with Crippen LogP contribution in [0.15, 0.2) is 12.7 Å². The van der Waals surface area contributed by atoms with Crippen molar-refractivity contribution in [3.05, 3.63) is 12.7 Å². The Bertz CT molecular complexity index is 647. The van der Waals surface area contributed by atoms with Crippen molar-refractivity contribution in [1.82, 2.24) is 19.5 Å². The van der Waals surface area contributed by atoms with E-state index < -0.39 is 30.6 Å². The van der Waals surface area contributed by atoms with Gasteiger partial charge < -0.3 is 25.8 Å². The Morgan fingerprint density at radius 2 is 2.15 bits per heavy atom. The van der Waals surface area contributed by atoms with E-state index in [0.717, 1.165) is 0 Å². The van der Waals surface area contributed by atoms with Crippen LogP contribution < -0.4 is 5.73 Å². The van der Waals surface area contributed by atoms with E-state index in [0.29, 0.717) is 11.2 Å². The molecule has 0 aliphatic carbocycles. The van der Waals surface area contributed by atoms with E-state index in [1.54, 1.807) is 0 Å². The minimum absolute atomic E-state index is 0.215. The van der Waals surface area contributed by atoms with E-state index in [-0.39, 0.29) is 5.82 Å². The molecule has 1 saturated heterocycles. The fourth-order valence-electron chi connectivity index (χ4n) is 2.34. The van der Waals surface area contributed by atoms with Crippen molar-refractivity contribution in [3.63, 3.8) is 0 Å². The van der Waals surface area contributed by atoms with E-state index in [1.165, 1.54) is 24.1 Å². The van der Waals surface area contributed by atoms with Crippen molar-refractivity contribution >= 4 is 17.0 Å². The van der Waals surface area contributed by atoms with E-state index in [4.69, 9.17) is 10.5 Å². The van der Waals surface area contributed by atoms with Gasteiger partial charge in [-0.2, -0.15) is 0 Å². The standard InChI is InChI=1S/C11H15N5O4/c1-11(2-17)7(19)6(18)10(20-11)16-4-15-5-8(12)13-3-14-9(5)16/h3-4,6-7,10,17-19H,2H2,1H3,(H2,12,13,14)/t6-,7+,10-,11?/m0/s1. The Morgan fingerprint density at radius 3 is 2.80 bits per heavy atom. The molecule has 2 aromatic heterocycles. The monoisotopic (exact) mass is 281 g/mol. The number of hydrogen-bond acceptors (Lipinski definition) is 8. The fourth-order valence-corrected chi connectivity index (χ4v) is 2.34. The van der Waals surface area contributed by atoms with Crippen LogP contribution in [0.1, 0.15) is 13.2 Å². The molecular formula is C11H15N5O4. The number of aliphatic hydroxyl groups excluding tert-OH is 3. The van der Waals surface area contributed by atoms with Crippen molar-refractivity contribution in [2.24, 2.45) is 0 Å². The third-order valence-corrected chi connectivity index (χ3v) is 3.61. The number of ether oxygens (including phenoxy) is 1. The number of nitrogens with zero attached hydrogens (tertiary/aromatic N) is 4. The van der Waals surface area contributed by atoms with Gasteiger partial charge in [0.2, 0.25) is 0 Å². The number of nitrogens with two attached hydrogens (primary N) is 1. The summed E-state index contributed by atoms with van der Waals surface area (Å²) in [6.07, 6.45) is -0.686. The summed E-state index contributed by atoms with van der Waals surface area (Å²) in [5.74, 6) is 0.215. The molecule has 5 N–H and O–H groups in total. The molecule has 1 unspecified atom stereocenters. The predicted molar refractivity (Wildman–Crippen MR) is 67.4 cm³/mol. The number of aliphatic hydroxyl groups is 3. The molecule has 1 aliphatic rings. The predicted octanol–water partition coefficient (Wildman–Crippen LogP) is -1.59. The molecule has 0 spiro atoms. The lowest BCUT2D eigenvalue weighted by molar-refractivity contribution is -0.115. The summed E-state index contributed by atoms with van der Waals surface area (Å²) in [5.41, 5.74) is 5.21. The lowest BCUT2D eigenvalue weighted by Gasteiger charge is -2.24. The maximum atomic E-state index is 10.1. The fraction of sp³-hybridized carbons (Fsp3) is 0.545. The summed E-state index contributed by atoms with van der Waals surface area (Å²) in [6.45, 7) is 1.09. The van der Waals surface area contributed by atoms with E-state index in [1.807, 2.05) is 0 Å². The van der Waals surface area contributed by atoms with Gasteiger partial charge in [-0.25, -0.2) is 15.0 Å². The molecule has 9 nitrogen and oxygen atoms in total. The summed E-state index contributed by atoms with van der Waals surface area (Å²) in [7, 11) is 0. The van der Waals surface area contributed by atoms with Gasteiger partial charge in [0.1, 0.15) is 29.7 Å². The summed E-state index contributed by atoms with van der Waals surface area (Å²) in [6, 6.07) is 0. The maximum Gasteiger partial charge on any atom is 0.167 e. The first kappa shape index (κ1) is 13.2. The second kappa shape index (κ2) is 4.35. The van der Waals surface area contributed by atoms with Crippen LogP contribution in [0.4, 0.5) is 5.82 Å². The first-order chi connectivity index (χ1) is 9.48. The lowest BCUT2D eigenvalue weighted by atomic mass is 9.99. The molecule has 0 aromatic carbocycles. The van der Waals surface area contributed by atoms with Gasteiger partial charge >= 0.3 is 0 Å². The van der Waals surface area contributed by atoms with Crippen LogP contribution in [0.25, 0.3) is 11.2 Å². The number of rotatable bonds is 2. The van der Waals surface area contributed by atoms with Crippen LogP contribution in [0, 0.1) is 0 Å². The topological polar surface area (TPSA) is 140 Å². The first-order valence-corrected chi connectivity index (χ1v) is 6.06. The molecule has 108 valence electrons. The second-order valence-electron chi connectivity index (χ2n) is 5.00. The number of fused-ring (bicyclic) bond motifs is 1. The molecule has 3 rings (SSSR count). The van der Waals surface area contributed by atoms with Gasteiger partial charge in [0, 0.05) is 0 Å². The average Bonchev–Trinajstić information content (AvgIpc) is 2.96. The Hall–Kier alpha value is -1.81. The maximum absolute atomic E-state index is 10.1. The van der Waals surface area contributed by atoms with Gasteiger partial charge in [-0.05, 0) is 6.92 Å². The molecule has 20 heavy (non-hydrogen) atoms. The average molecular weight is 281 g/mol. The zero-order chi connectivity index (χ0) is 14.5. The molecule has 1 fully saturated rings. The van der Waals surface area contributed by atoms with Gasteiger partial charge in [-0.15, -0.1) is 0 Å². The SMILES string of the molecule is CC1(CO)O[C@H](n2cnc3c(N)ncnc32)[C@@H](O)[C@H]1O. The number of imidazole rings is 1. The quantitative estimate of drug-likeness (QED) is 0.516. The molecule has 0 amide bonds. The van der Waals surface area contributed by atoms with Crippen LogP contribution in [-0.4, -0.2) is 59.3 Å². The molecular weight excluding hydrogens is 266 g/mol. The Balaban J connectivity index is 2.06. The Morgan fingerprint density at radius 1 is 1.40 bits per heavy atom. The van der Waals surface area contributed by atoms with E-state index >= 15 is 0 Å². The third-order valence-electron chi connectivity index (χ3n) is 3.61. The summed E-state index contributed by atoms with van der Waals surface area (Å²) in [5, 5.41) is 29.4. The molecule has 4 atom stereocenters. The molecule has 0 radical (unpaired) electrons. The van der Waals surface area contributed by atoms with Crippen LogP contribution >= 0.6 is 0 Å². The number of nitrogen functional groups attached to an aromatic ring is 1. The number of hydrogen-bond donors (Lipinski definition) is 4. The van der Waals surface area contributed by atoms with Crippen LogP contribution in [0.2, 0.25) is 0 Å². The molecule has 1 aliphatic heterocycles. The molecule has 0 saturated carbocycles. The van der Waals surface area contributed by atoms with Gasteiger partial charge in [-0.1, -0.05) is 0 Å².